The molecule has 0 aliphatic heterocycles. The van der Waals surface area contributed by atoms with Crippen molar-refractivity contribution in [3.63, 3.8) is 0 Å². The summed E-state index contributed by atoms with van der Waals surface area (Å²) in [5.74, 6) is 0.420. The molecule has 3 heteroatoms. The van der Waals surface area contributed by atoms with Gasteiger partial charge in [0.1, 0.15) is 5.82 Å². The summed E-state index contributed by atoms with van der Waals surface area (Å²) < 4.78 is 0. The van der Waals surface area contributed by atoms with E-state index in [1.807, 2.05) is 13.8 Å². The van der Waals surface area contributed by atoms with Crippen LogP contribution in [-0.4, -0.2) is 9.97 Å². The fourth-order valence-corrected chi connectivity index (χ4v) is 0.667. The molecule has 0 aliphatic carbocycles. The third-order valence-corrected chi connectivity index (χ3v) is 1.41. The van der Waals surface area contributed by atoms with Crippen LogP contribution >= 0.6 is 0 Å². The van der Waals surface area contributed by atoms with Crippen LogP contribution < -0.4 is 5.73 Å². The lowest BCUT2D eigenvalue weighted by Crippen LogP contribution is -2.01. The summed E-state index contributed by atoms with van der Waals surface area (Å²) in [5, 5.41) is 0. The van der Waals surface area contributed by atoms with Gasteiger partial charge >= 0.3 is 0 Å². The average molecular weight is 136 g/mol. The van der Waals surface area contributed by atoms with Crippen molar-refractivity contribution in [3.05, 3.63) is 24.0 Å². The minimum Gasteiger partial charge on any atom is -0.382 e. The number of aryl methyl sites for hydroxylation is 2. The molecule has 0 aromatic carbocycles. The number of nitrogen functional groups attached to an aromatic ring is 1. The lowest BCUT2D eigenvalue weighted by Gasteiger charge is -2.01. The molecule has 0 fully saturated rings. The predicted octanol–water partition coefficient (Wildman–Crippen LogP) is 0.858. The van der Waals surface area contributed by atoms with Crippen molar-refractivity contribution in [2.45, 2.75) is 13.8 Å². The number of nitrogens with zero attached hydrogens (tertiary/aromatic N) is 2. The van der Waals surface area contributed by atoms with Crippen molar-refractivity contribution >= 4 is 5.82 Å². The van der Waals surface area contributed by atoms with Crippen LogP contribution in [0.25, 0.3) is 0 Å². The molecule has 1 radical (unpaired) electrons. The van der Waals surface area contributed by atoms with E-state index in [1.165, 1.54) is 0 Å². The Balaban J connectivity index is 3.28. The minimum atomic E-state index is 0.420. The quantitative estimate of drug-likeness (QED) is 0.575. The van der Waals surface area contributed by atoms with E-state index in [9.17, 15) is 0 Å². The van der Waals surface area contributed by atoms with E-state index in [0.29, 0.717) is 11.5 Å². The molecule has 10 heavy (non-hydrogen) atoms. The van der Waals surface area contributed by atoms with Gasteiger partial charge in [0, 0.05) is 0 Å². The summed E-state index contributed by atoms with van der Waals surface area (Å²) in [4.78, 5) is 8.10. The van der Waals surface area contributed by atoms with E-state index in [-0.39, 0.29) is 0 Å². The third-order valence-electron chi connectivity index (χ3n) is 1.41. The molecular formula is C7H10N3. The van der Waals surface area contributed by atoms with Crippen LogP contribution in [0.15, 0.2) is 0 Å². The van der Waals surface area contributed by atoms with Crippen molar-refractivity contribution in [1.29, 1.82) is 0 Å². The van der Waals surface area contributed by atoms with Gasteiger partial charge in [-0.2, -0.15) is 0 Å². The first-order valence-corrected chi connectivity index (χ1v) is 3.04. The summed E-state index contributed by atoms with van der Waals surface area (Å²) in [6.07, 6.45) is 0. The van der Waals surface area contributed by atoms with Crippen molar-refractivity contribution in [2.24, 2.45) is 0 Å². The Morgan fingerprint density at radius 1 is 1.20 bits per heavy atom. The van der Waals surface area contributed by atoms with Gasteiger partial charge in [-0.1, -0.05) is 0 Å². The van der Waals surface area contributed by atoms with E-state index < -0.39 is 0 Å². The first-order valence-electron chi connectivity index (χ1n) is 3.04. The molecule has 0 saturated heterocycles. The summed E-state index contributed by atoms with van der Waals surface area (Å²) in [5.41, 5.74) is 7.77. The lowest BCUT2D eigenvalue weighted by molar-refractivity contribution is 1.04. The van der Waals surface area contributed by atoms with Gasteiger partial charge in [0.25, 0.3) is 0 Å². The molecule has 0 atom stereocenters. The number of hydrogen-bond donors (Lipinski definition) is 1. The fourth-order valence-electron chi connectivity index (χ4n) is 0.667. The summed E-state index contributed by atoms with van der Waals surface area (Å²) in [6, 6.07) is 0. The van der Waals surface area contributed by atoms with E-state index in [1.54, 1.807) is 0 Å². The molecule has 1 rings (SSSR count). The molecule has 0 aliphatic rings. The van der Waals surface area contributed by atoms with E-state index in [2.05, 4.69) is 16.9 Å². The standard InChI is InChI=1S/C7H10N3/c1-4-5(2)10-7(8)6(3)9-4/h3H2,1-2H3,(H2,8,10). The molecule has 2 N–H and O–H groups in total. The Labute approximate surface area is 60.3 Å². The summed E-state index contributed by atoms with van der Waals surface area (Å²) >= 11 is 0. The maximum atomic E-state index is 5.45. The van der Waals surface area contributed by atoms with Crippen LogP contribution in [0, 0.1) is 20.8 Å². The number of anilines is 1. The van der Waals surface area contributed by atoms with Gasteiger partial charge in [-0.05, 0) is 20.8 Å². The Hall–Kier alpha value is -1.12. The maximum absolute atomic E-state index is 5.45. The van der Waals surface area contributed by atoms with Crippen molar-refractivity contribution in [1.82, 2.24) is 9.97 Å². The van der Waals surface area contributed by atoms with Gasteiger partial charge in [0.05, 0.1) is 17.1 Å². The fraction of sp³-hybridized carbons (Fsp3) is 0.286. The predicted molar refractivity (Wildman–Crippen MR) is 40.4 cm³/mol. The Bertz CT molecular complexity index is 205. The second-order valence-corrected chi connectivity index (χ2v) is 2.23. The van der Waals surface area contributed by atoms with Gasteiger partial charge < -0.3 is 5.73 Å². The average Bonchev–Trinajstić information content (AvgIpc) is 1.84. The SMILES string of the molecule is [CH2]c1nc(C)c(C)nc1N. The molecule has 0 unspecified atom stereocenters. The number of hydrogen-bond acceptors (Lipinski definition) is 3. The highest BCUT2D eigenvalue weighted by molar-refractivity contribution is 5.37. The molecule has 1 aromatic heterocycles. The zero-order valence-corrected chi connectivity index (χ0v) is 6.18. The molecule has 1 aromatic rings. The monoisotopic (exact) mass is 136 g/mol. The third kappa shape index (κ3) is 1.07. The molecule has 0 amide bonds. The van der Waals surface area contributed by atoms with Crippen LogP contribution in [0.1, 0.15) is 17.1 Å². The second kappa shape index (κ2) is 2.25. The van der Waals surface area contributed by atoms with Crippen LogP contribution in [-0.2, 0) is 0 Å². The van der Waals surface area contributed by atoms with Crippen LogP contribution in [0.4, 0.5) is 5.82 Å². The lowest BCUT2D eigenvalue weighted by atomic mass is 10.3. The number of rotatable bonds is 0. The molecule has 53 valence electrons. The molecular weight excluding hydrogens is 126 g/mol. The Kier molecular flexibility index (Phi) is 1.57. The van der Waals surface area contributed by atoms with Gasteiger partial charge in [-0.15, -0.1) is 0 Å². The Morgan fingerprint density at radius 3 is 2.20 bits per heavy atom. The minimum absolute atomic E-state index is 0.420. The highest BCUT2D eigenvalue weighted by Gasteiger charge is 1.99. The van der Waals surface area contributed by atoms with E-state index in [0.717, 1.165) is 11.4 Å². The zero-order valence-electron chi connectivity index (χ0n) is 6.18. The normalized spacial score (nSPS) is 9.90. The molecule has 3 nitrogen and oxygen atoms in total. The Morgan fingerprint density at radius 2 is 1.70 bits per heavy atom. The van der Waals surface area contributed by atoms with E-state index in [4.69, 9.17) is 5.73 Å². The van der Waals surface area contributed by atoms with Gasteiger partial charge in [-0.3, -0.25) is 4.98 Å². The molecule has 1 heterocycles. The molecule has 0 bridgehead atoms. The highest BCUT2D eigenvalue weighted by atomic mass is 14.9. The van der Waals surface area contributed by atoms with Gasteiger partial charge in [-0.25, -0.2) is 4.98 Å². The zero-order chi connectivity index (χ0) is 7.72. The first-order chi connectivity index (χ1) is 4.61. The van der Waals surface area contributed by atoms with Crippen LogP contribution in [0.3, 0.4) is 0 Å². The van der Waals surface area contributed by atoms with Crippen molar-refractivity contribution < 1.29 is 0 Å². The van der Waals surface area contributed by atoms with Gasteiger partial charge in [0.2, 0.25) is 0 Å². The highest BCUT2D eigenvalue weighted by Crippen LogP contribution is 2.06. The topological polar surface area (TPSA) is 51.8 Å². The maximum Gasteiger partial charge on any atom is 0.145 e. The number of aromatic nitrogens is 2. The smallest absolute Gasteiger partial charge is 0.145 e. The molecule has 0 spiro atoms. The van der Waals surface area contributed by atoms with Gasteiger partial charge in [0.15, 0.2) is 0 Å². The van der Waals surface area contributed by atoms with Crippen LogP contribution in [0.5, 0.6) is 0 Å². The van der Waals surface area contributed by atoms with Crippen molar-refractivity contribution in [3.8, 4) is 0 Å². The summed E-state index contributed by atoms with van der Waals surface area (Å²) in [7, 11) is 0. The molecule has 0 saturated carbocycles. The van der Waals surface area contributed by atoms with E-state index >= 15 is 0 Å². The summed E-state index contributed by atoms with van der Waals surface area (Å²) in [6.45, 7) is 7.38. The van der Waals surface area contributed by atoms with Crippen molar-refractivity contribution in [2.75, 3.05) is 5.73 Å². The second-order valence-electron chi connectivity index (χ2n) is 2.23. The number of nitrogens with two attached hydrogens (primary N) is 1. The first kappa shape index (κ1) is 6.99. The van der Waals surface area contributed by atoms with Crippen LogP contribution in [0.2, 0.25) is 0 Å². The largest absolute Gasteiger partial charge is 0.382 e.